The van der Waals surface area contributed by atoms with E-state index in [4.69, 9.17) is 15.2 Å². The molecular weight excluding hydrogens is 761 g/mol. The van der Waals surface area contributed by atoms with Gasteiger partial charge in [-0.15, -0.1) is 26.3 Å². The zero-order valence-corrected chi connectivity index (χ0v) is 36.6. The van der Waals surface area contributed by atoms with Crippen LogP contribution in [0.25, 0.3) is 0 Å². The van der Waals surface area contributed by atoms with E-state index in [9.17, 15) is 4.79 Å². The Labute approximate surface area is 375 Å². The second-order valence-electron chi connectivity index (χ2n) is 13.9. The summed E-state index contributed by atoms with van der Waals surface area (Å²) in [5.74, 6) is 60.3. The van der Waals surface area contributed by atoms with Crippen LogP contribution in [0.5, 0.6) is 0 Å². The number of amides is 1. The predicted molar refractivity (Wildman–Crippen MR) is 255 cm³/mol. The van der Waals surface area contributed by atoms with E-state index >= 15 is 0 Å². The normalized spacial score (nSPS) is 16.7. The third-order valence-corrected chi connectivity index (χ3v) is 9.43. The van der Waals surface area contributed by atoms with Crippen LogP contribution in [0.4, 0.5) is 0 Å². The smallest absolute Gasteiger partial charge is 0.297 e. The molecule has 1 amide bonds. The van der Waals surface area contributed by atoms with Gasteiger partial charge in [0.05, 0.1) is 18.8 Å². The molecule has 1 fully saturated rings. The Bertz CT molecular complexity index is 2280. The average Bonchev–Trinajstić information content (AvgIpc) is 3.28. The first-order valence-electron chi connectivity index (χ1n) is 21.2. The Morgan fingerprint density at radius 2 is 1.00 bits per heavy atom. The first kappa shape index (κ1) is 53.0. The fourth-order valence-electron chi connectivity index (χ4n) is 6.33. The minimum Gasteiger partial charge on any atom is -0.350 e. The molecule has 1 aliphatic rings. The summed E-state index contributed by atoms with van der Waals surface area (Å²) in [7, 11) is 0. The third-order valence-electron chi connectivity index (χ3n) is 9.43. The van der Waals surface area contributed by atoms with Crippen LogP contribution in [0.15, 0.2) is 50.6 Å². The molecule has 7 atom stereocenters. The van der Waals surface area contributed by atoms with Crippen molar-refractivity contribution in [2.45, 2.75) is 128 Å². The molecule has 0 saturated carbocycles. The molecule has 0 spiro atoms. The summed E-state index contributed by atoms with van der Waals surface area (Å²) in [6.07, 6.45) is 23.0. The molecule has 0 aromatic rings. The maximum absolute atomic E-state index is 13.0. The van der Waals surface area contributed by atoms with Gasteiger partial charge in [-0.3, -0.25) is 4.79 Å². The average molecular weight is 819 g/mol. The van der Waals surface area contributed by atoms with Crippen molar-refractivity contribution in [2.75, 3.05) is 6.61 Å². The molecule has 62 heavy (non-hydrogen) atoms. The topological polar surface area (TPSA) is 73.6 Å². The second-order valence-corrected chi connectivity index (χ2v) is 13.9. The minimum atomic E-state index is -0.622. The van der Waals surface area contributed by atoms with Crippen molar-refractivity contribution in [3.8, 4) is 142 Å². The second kappa shape index (κ2) is 38.2. The molecule has 1 heterocycles. The first-order valence-corrected chi connectivity index (χ1v) is 21.2. The highest BCUT2D eigenvalue weighted by Crippen LogP contribution is 2.39. The standard InChI is InChI=1S/C57H58N2O3/c1-7-13-15-17-19-21-23-25-26-27-28-29-30-31-32-33-34-35-37-39-41-43-45-48-56(60)59-54(53(58)47-44-42-40-38-36-24-22-20-18-16-14-8-2)49-61-57-52(12-6)50(10-4)51(11-5)55(62-57)46-9-3/h9-12,50-55,57H,3-6,8,14,16,18,20,22,24,36,38,40,42,44,46-47,49,58H2,1-2H3,(H,59,60)/t50-,51+,52?,53+,54-,55?,57-/m0/s1. The lowest BCUT2D eigenvalue weighted by atomic mass is 9.75. The van der Waals surface area contributed by atoms with Crippen LogP contribution < -0.4 is 11.1 Å². The molecule has 5 heteroatoms. The van der Waals surface area contributed by atoms with Gasteiger partial charge in [0.25, 0.3) is 5.91 Å². The van der Waals surface area contributed by atoms with Gasteiger partial charge >= 0.3 is 0 Å². The van der Waals surface area contributed by atoms with Crippen LogP contribution in [-0.4, -0.2) is 37.0 Å². The molecule has 0 aromatic carbocycles. The summed E-state index contributed by atoms with van der Waals surface area (Å²) in [5.41, 5.74) is 6.72. The number of carbonyl (C=O) groups excluding carboxylic acids is 1. The summed E-state index contributed by atoms with van der Waals surface area (Å²) in [4.78, 5) is 13.0. The number of carbonyl (C=O) groups is 1. The maximum Gasteiger partial charge on any atom is 0.297 e. The number of ether oxygens (including phenoxy) is 2. The Morgan fingerprint density at radius 1 is 0.597 bits per heavy atom. The van der Waals surface area contributed by atoms with Crippen molar-refractivity contribution in [3.63, 3.8) is 0 Å². The predicted octanol–water partition coefficient (Wildman–Crippen LogP) is 7.67. The van der Waals surface area contributed by atoms with Crippen molar-refractivity contribution < 1.29 is 14.3 Å². The Balaban J connectivity index is 2.84. The number of nitrogens with one attached hydrogen (secondary N) is 1. The molecule has 3 N–H and O–H groups in total. The number of hydrogen-bond donors (Lipinski definition) is 2. The van der Waals surface area contributed by atoms with Gasteiger partial charge in [0.1, 0.15) is 0 Å². The van der Waals surface area contributed by atoms with E-state index in [0.29, 0.717) is 6.42 Å². The molecule has 1 aliphatic heterocycles. The fourth-order valence-corrected chi connectivity index (χ4v) is 6.33. The van der Waals surface area contributed by atoms with E-state index in [1.165, 1.54) is 64.2 Å². The van der Waals surface area contributed by atoms with Gasteiger partial charge in [0.15, 0.2) is 6.29 Å². The highest BCUT2D eigenvalue weighted by atomic mass is 16.7. The quantitative estimate of drug-likeness (QED) is 0.0631. The van der Waals surface area contributed by atoms with Crippen LogP contribution in [0.2, 0.25) is 0 Å². The molecule has 0 aromatic heterocycles. The van der Waals surface area contributed by atoms with Gasteiger partial charge in [-0.05, 0) is 120 Å². The molecule has 0 radical (unpaired) electrons. The highest BCUT2D eigenvalue weighted by molar-refractivity contribution is 5.94. The van der Waals surface area contributed by atoms with Gasteiger partial charge < -0.3 is 20.5 Å². The van der Waals surface area contributed by atoms with E-state index in [-0.39, 0.29) is 36.5 Å². The summed E-state index contributed by atoms with van der Waals surface area (Å²) in [6, 6.07) is -0.884. The Hall–Kier alpha value is -6.97. The molecule has 314 valence electrons. The molecule has 2 unspecified atom stereocenters. The van der Waals surface area contributed by atoms with Crippen LogP contribution >= 0.6 is 0 Å². The zero-order chi connectivity index (χ0) is 45.1. The van der Waals surface area contributed by atoms with Crippen LogP contribution in [0.3, 0.4) is 0 Å². The minimum absolute atomic E-state index is 0.00609. The number of rotatable bonds is 23. The molecule has 1 rings (SSSR count). The zero-order valence-electron chi connectivity index (χ0n) is 36.6. The fraction of sp³-hybridized carbons (Fsp3) is 0.421. The van der Waals surface area contributed by atoms with Crippen molar-refractivity contribution >= 4 is 5.91 Å². The lowest BCUT2D eigenvalue weighted by Gasteiger charge is -2.44. The molecule has 0 aliphatic carbocycles. The Kier molecular flexibility index (Phi) is 32.7. The van der Waals surface area contributed by atoms with Gasteiger partial charge in [-0.25, -0.2) is 0 Å². The van der Waals surface area contributed by atoms with Gasteiger partial charge in [0, 0.05) is 59.3 Å². The van der Waals surface area contributed by atoms with E-state index < -0.39 is 18.2 Å². The molecule has 1 saturated heterocycles. The Morgan fingerprint density at radius 3 is 1.40 bits per heavy atom. The maximum atomic E-state index is 13.0. The van der Waals surface area contributed by atoms with E-state index in [1.807, 2.05) is 24.3 Å². The SMILES string of the molecule is C=CCC1O[C@H](OC[C@H](NC(=O)C#CC#CC#CC#CC#CC#CC#CC#CC#CC#CC#CC#CC)[C@H](N)CCCCCCCCCCCCCC)C(C=C)[C@@H](C=C)[C@H]1C=C. The van der Waals surface area contributed by atoms with E-state index in [2.05, 4.69) is 181 Å². The first-order chi connectivity index (χ1) is 30.5. The largest absolute Gasteiger partial charge is 0.350 e. The van der Waals surface area contributed by atoms with Gasteiger partial charge in [-0.2, -0.15) is 0 Å². The van der Waals surface area contributed by atoms with Crippen molar-refractivity contribution in [1.82, 2.24) is 5.32 Å². The number of allylic oxidation sites excluding steroid dienone is 1. The van der Waals surface area contributed by atoms with Crippen LogP contribution in [0.1, 0.15) is 104 Å². The van der Waals surface area contributed by atoms with Gasteiger partial charge in [-0.1, -0.05) is 114 Å². The van der Waals surface area contributed by atoms with E-state index in [1.54, 1.807) is 6.92 Å². The van der Waals surface area contributed by atoms with Crippen molar-refractivity contribution in [2.24, 2.45) is 23.5 Å². The number of unbranched alkanes of at least 4 members (excludes halogenated alkanes) is 11. The number of nitrogens with two attached hydrogens (primary N) is 1. The van der Waals surface area contributed by atoms with Crippen molar-refractivity contribution in [1.29, 1.82) is 0 Å². The lowest BCUT2D eigenvalue weighted by molar-refractivity contribution is -0.235. The van der Waals surface area contributed by atoms with Crippen LogP contribution in [0, 0.1) is 160 Å². The number of hydrogen-bond acceptors (Lipinski definition) is 4. The summed E-state index contributed by atoms with van der Waals surface area (Å²) < 4.78 is 12.8. The van der Waals surface area contributed by atoms with Gasteiger partial charge in [0.2, 0.25) is 0 Å². The summed E-state index contributed by atoms with van der Waals surface area (Å²) in [5, 5.41) is 2.95. The lowest BCUT2D eigenvalue weighted by Crippen LogP contribution is -2.52. The summed E-state index contributed by atoms with van der Waals surface area (Å²) in [6.45, 7) is 20.1. The highest BCUT2D eigenvalue weighted by Gasteiger charge is 2.42. The molecular formula is C57H58N2O3. The monoisotopic (exact) mass is 818 g/mol. The molecule has 5 nitrogen and oxygen atoms in total. The summed E-state index contributed by atoms with van der Waals surface area (Å²) >= 11 is 0. The molecule has 0 bridgehead atoms. The van der Waals surface area contributed by atoms with E-state index in [0.717, 1.165) is 19.3 Å². The van der Waals surface area contributed by atoms with Crippen LogP contribution in [-0.2, 0) is 14.3 Å². The van der Waals surface area contributed by atoms with Crippen molar-refractivity contribution in [3.05, 3.63) is 50.6 Å². The third kappa shape index (κ3) is 26.2.